The first-order valence-corrected chi connectivity index (χ1v) is 21.7. The molecule has 8 rings (SSSR count). The van der Waals surface area contributed by atoms with Gasteiger partial charge >= 0.3 is 5.97 Å². The molecule has 3 aromatic carbocycles. The predicted molar refractivity (Wildman–Crippen MR) is 242 cm³/mol. The zero-order valence-corrected chi connectivity index (χ0v) is 36.2. The molecule has 0 saturated carbocycles. The highest BCUT2D eigenvalue weighted by Gasteiger charge is 2.27. The molecule has 1 saturated heterocycles. The van der Waals surface area contributed by atoms with E-state index in [0.717, 1.165) is 65.4 Å². The molecule has 2 N–H and O–H groups in total. The second-order valence-corrected chi connectivity index (χ2v) is 16.9. The smallest absolute Gasteiger partial charge is 0.345 e. The summed E-state index contributed by atoms with van der Waals surface area (Å²) >= 11 is 8.20. The second kappa shape index (κ2) is 19.9. The molecule has 1 fully saturated rings. The van der Waals surface area contributed by atoms with E-state index in [1.54, 1.807) is 48.7 Å². The van der Waals surface area contributed by atoms with Gasteiger partial charge in [-0.05, 0) is 89.8 Å². The van der Waals surface area contributed by atoms with Crippen LogP contribution in [0.5, 0.6) is 17.4 Å². The first kappa shape index (κ1) is 43.4. The average molecular weight is 886 g/mol. The molecule has 15 heteroatoms. The number of aromatic nitrogens is 4. The van der Waals surface area contributed by atoms with Gasteiger partial charge in [0.05, 0.1) is 16.1 Å². The number of allylic oxidation sites excluding steroid dienone is 2. The van der Waals surface area contributed by atoms with Gasteiger partial charge in [-0.2, -0.15) is 0 Å². The number of hydrogen-bond acceptors (Lipinski definition) is 12. The van der Waals surface area contributed by atoms with E-state index in [2.05, 4.69) is 42.6 Å². The molecule has 322 valence electrons. The summed E-state index contributed by atoms with van der Waals surface area (Å²) in [5.41, 5.74) is 5.19. The molecule has 0 amide bonds. The lowest BCUT2D eigenvalue weighted by Gasteiger charge is -2.34. The number of phenols is 1. The van der Waals surface area contributed by atoms with Gasteiger partial charge in [0.15, 0.2) is 5.82 Å². The summed E-state index contributed by atoms with van der Waals surface area (Å²) in [5.74, 6) is 2.28. The SMILES string of the molecule is C#C/C(Cl)=C1\C=C/Cc2c(-c3ccc(F)cc3)sc3ncnc(c23)O[C@@H](C(=O)O)Cc2cc(ccc2OCc2ccnc(-c3ccc(O)cc3)n2)CN(CCN2CCN(C)CC2)C1. The van der Waals surface area contributed by atoms with Crippen molar-refractivity contribution in [2.45, 2.75) is 32.1 Å². The number of ether oxygens (including phenoxy) is 2. The van der Waals surface area contributed by atoms with Crippen LogP contribution in [0.4, 0.5) is 4.39 Å². The molecule has 3 aromatic heterocycles. The number of aromatic hydroxyl groups is 1. The van der Waals surface area contributed by atoms with E-state index in [1.165, 1.54) is 29.8 Å². The van der Waals surface area contributed by atoms with Crippen molar-refractivity contribution in [3.8, 4) is 51.6 Å². The van der Waals surface area contributed by atoms with Crippen LogP contribution in [0.25, 0.3) is 32.0 Å². The highest BCUT2D eigenvalue weighted by atomic mass is 35.5. The van der Waals surface area contributed by atoms with E-state index >= 15 is 0 Å². The summed E-state index contributed by atoms with van der Waals surface area (Å²) in [4.78, 5) is 39.8. The number of phenolic OH excluding ortho intramolecular Hbond substituents is 1. The van der Waals surface area contributed by atoms with Crippen LogP contribution in [0, 0.1) is 18.2 Å². The van der Waals surface area contributed by atoms with Crippen molar-refractivity contribution in [2.75, 3.05) is 52.9 Å². The van der Waals surface area contributed by atoms with Crippen LogP contribution in [0.3, 0.4) is 0 Å². The Balaban J connectivity index is 1.20. The Kier molecular flexibility index (Phi) is 13.7. The van der Waals surface area contributed by atoms with Crippen molar-refractivity contribution in [3.63, 3.8) is 0 Å². The Hall–Kier alpha value is -6.21. The van der Waals surface area contributed by atoms with Gasteiger partial charge in [0.1, 0.15) is 35.1 Å². The maximum Gasteiger partial charge on any atom is 0.345 e. The minimum Gasteiger partial charge on any atom is -0.508 e. The number of benzene rings is 3. The molecule has 12 nitrogen and oxygen atoms in total. The second-order valence-electron chi connectivity index (χ2n) is 15.5. The predicted octanol–water partition coefficient (Wildman–Crippen LogP) is 7.60. The molecular formula is C48H45ClFN7O5S. The number of terminal acetylenes is 1. The van der Waals surface area contributed by atoms with E-state index in [1.807, 2.05) is 30.4 Å². The van der Waals surface area contributed by atoms with Gasteiger partial charge in [-0.25, -0.2) is 29.1 Å². The third kappa shape index (κ3) is 10.7. The fourth-order valence-corrected chi connectivity index (χ4v) is 8.97. The van der Waals surface area contributed by atoms with Gasteiger partial charge in [-0.3, -0.25) is 9.80 Å². The van der Waals surface area contributed by atoms with Gasteiger partial charge in [0.2, 0.25) is 12.0 Å². The molecule has 0 aliphatic carbocycles. The Labute approximate surface area is 373 Å². The van der Waals surface area contributed by atoms with E-state index in [4.69, 9.17) is 32.5 Å². The van der Waals surface area contributed by atoms with Gasteiger partial charge in [0.25, 0.3) is 0 Å². The summed E-state index contributed by atoms with van der Waals surface area (Å²) in [7, 11) is 2.14. The first-order valence-electron chi connectivity index (χ1n) is 20.5. The number of piperazine rings is 1. The minimum absolute atomic E-state index is 0.0634. The lowest BCUT2D eigenvalue weighted by Crippen LogP contribution is -2.47. The van der Waals surface area contributed by atoms with Gasteiger partial charge < -0.3 is 24.6 Å². The highest BCUT2D eigenvalue weighted by Crippen LogP contribution is 2.42. The van der Waals surface area contributed by atoms with E-state index < -0.39 is 12.1 Å². The molecule has 0 unspecified atom stereocenters. The number of halogens is 2. The summed E-state index contributed by atoms with van der Waals surface area (Å²) < 4.78 is 27.0. The number of carboxylic acids is 1. The molecule has 5 heterocycles. The molecule has 2 aliphatic heterocycles. The number of carboxylic acid groups (broad SMARTS) is 1. The monoisotopic (exact) mass is 885 g/mol. The van der Waals surface area contributed by atoms with Crippen LogP contribution in [0.15, 0.2) is 108 Å². The lowest BCUT2D eigenvalue weighted by atomic mass is 10.0. The van der Waals surface area contributed by atoms with Crippen LogP contribution >= 0.6 is 22.9 Å². The highest BCUT2D eigenvalue weighted by molar-refractivity contribution is 7.22. The zero-order valence-electron chi connectivity index (χ0n) is 34.6. The largest absolute Gasteiger partial charge is 0.508 e. The van der Waals surface area contributed by atoms with Gasteiger partial charge in [-0.1, -0.05) is 53.9 Å². The van der Waals surface area contributed by atoms with Crippen molar-refractivity contribution in [3.05, 3.63) is 136 Å². The summed E-state index contributed by atoms with van der Waals surface area (Å²) in [6.45, 7) is 6.47. The number of nitrogens with zero attached hydrogens (tertiary/aromatic N) is 7. The number of fused-ring (bicyclic) bond motifs is 2. The third-order valence-corrected chi connectivity index (χ3v) is 12.7. The quantitative estimate of drug-likeness (QED) is 0.138. The average Bonchev–Trinajstić information content (AvgIpc) is 3.67. The first-order chi connectivity index (χ1) is 30.6. The number of likely N-dealkylation sites (N-methyl/N-ethyl adjacent to an activating group) is 1. The van der Waals surface area contributed by atoms with Crippen LogP contribution in [0.2, 0.25) is 0 Å². The van der Waals surface area contributed by atoms with Crippen LogP contribution < -0.4 is 9.47 Å². The molecule has 2 aliphatic rings. The maximum atomic E-state index is 14.1. The molecular weight excluding hydrogens is 841 g/mol. The zero-order chi connectivity index (χ0) is 43.9. The molecule has 1 atom stereocenters. The Morgan fingerprint density at radius 1 is 0.984 bits per heavy atom. The van der Waals surface area contributed by atoms with E-state index in [9.17, 15) is 19.4 Å². The molecule has 63 heavy (non-hydrogen) atoms. The summed E-state index contributed by atoms with van der Waals surface area (Å²) in [5, 5.41) is 21.4. The molecule has 2 bridgehead atoms. The third-order valence-electron chi connectivity index (χ3n) is 11.1. The maximum absolute atomic E-state index is 14.1. The summed E-state index contributed by atoms with van der Waals surface area (Å²) in [6.07, 6.45) is 11.8. The number of carbonyl (C=O) groups is 1. The molecule has 6 aromatic rings. The van der Waals surface area contributed by atoms with Crippen LogP contribution in [-0.4, -0.2) is 110 Å². The Bertz CT molecular complexity index is 2700. The Morgan fingerprint density at radius 2 is 1.75 bits per heavy atom. The van der Waals surface area contributed by atoms with Gasteiger partial charge in [-0.15, -0.1) is 17.8 Å². The lowest BCUT2D eigenvalue weighted by molar-refractivity contribution is -0.145. The van der Waals surface area contributed by atoms with Crippen LogP contribution in [-0.2, 0) is 30.8 Å². The van der Waals surface area contributed by atoms with Crippen molar-refractivity contribution in [1.82, 2.24) is 34.6 Å². The number of thiophene rings is 1. The van der Waals surface area contributed by atoms with E-state index in [-0.39, 0.29) is 30.5 Å². The number of aliphatic carboxylic acids is 1. The molecule has 0 spiro atoms. The van der Waals surface area contributed by atoms with Crippen molar-refractivity contribution in [1.29, 1.82) is 0 Å². The minimum atomic E-state index is -1.37. The fraction of sp³-hybridized carbons (Fsp3) is 0.271. The number of rotatable bonds is 9. The summed E-state index contributed by atoms with van der Waals surface area (Å²) in [6, 6.07) is 20.4. The topological polar surface area (TPSA) is 137 Å². The van der Waals surface area contributed by atoms with Crippen LogP contribution in [0.1, 0.15) is 22.4 Å². The van der Waals surface area contributed by atoms with Gasteiger partial charge in [0, 0.05) is 75.4 Å². The standard InChI is InChI=1S/C48H45ClFN7O5S/c1-3-40(49)34-5-4-6-39-43-46(52-30-53-47(43)63-44(39)32-8-12-36(50)13-9-32)62-42(48(59)60)26-35-25-31(27-57(28-34)24-23-56-21-19-55(2)20-22-56)7-16-41(35)61-29-37-17-18-51-45(54-37)33-10-14-38(58)15-11-33/h1,4-5,7-18,25,30,42,58H,6,19-24,26-29H2,2H3,(H,59,60)/b5-4-,40-34-/t42-/m1/s1. The number of hydrogen-bond donors (Lipinski definition) is 2. The fourth-order valence-electron chi connectivity index (χ4n) is 7.68. The van der Waals surface area contributed by atoms with Crippen molar-refractivity contribution >= 4 is 39.1 Å². The van der Waals surface area contributed by atoms with E-state index in [0.29, 0.717) is 64.1 Å². The van der Waals surface area contributed by atoms with Crippen molar-refractivity contribution < 1.29 is 28.9 Å². The van der Waals surface area contributed by atoms with Crippen molar-refractivity contribution in [2.24, 2.45) is 0 Å². The molecule has 0 radical (unpaired) electrons. The normalized spacial score (nSPS) is 18.0. The Morgan fingerprint density at radius 3 is 2.51 bits per heavy atom.